The molecule has 0 aliphatic carbocycles. The lowest BCUT2D eigenvalue weighted by Gasteiger charge is -2.02. The van der Waals surface area contributed by atoms with Gasteiger partial charge in [-0.25, -0.2) is 4.39 Å². The molecule has 26 heavy (non-hydrogen) atoms. The molecule has 0 atom stereocenters. The van der Waals surface area contributed by atoms with Gasteiger partial charge in [0.1, 0.15) is 5.82 Å². The smallest absolute Gasteiger partial charge is 0.322 e. The van der Waals surface area contributed by atoms with Crippen LogP contribution in [0.4, 0.5) is 10.4 Å². The molecular formula is C18H16FN3O2S2. The van der Waals surface area contributed by atoms with Gasteiger partial charge in [0.15, 0.2) is 0 Å². The topological polar surface area (TPSA) is 68.0 Å². The average molecular weight is 389 g/mol. The lowest BCUT2D eigenvalue weighted by Crippen LogP contribution is -2.12. The maximum atomic E-state index is 12.8. The molecule has 134 valence electrons. The number of anilines is 1. The zero-order valence-corrected chi connectivity index (χ0v) is 15.6. The van der Waals surface area contributed by atoms with E-state index in [4.69, 9.17) is 4.42 Å². The Morgan fingerprint density at radius 3 is 2.46 bits per heavy atom. The van der Waals surface area contributed by atoms with Crippen LogP contribution in [0.3, 0.4) is 0 Å². The highest BCUT2D eigenvalue weighted by atomic mass is 32.2. The van der Waals surface area contributed by atoms with Gasteiger partial charge in [-0.15, -0.1) is 28.6 Å². The maximum absolute atomic E-state index is 12.8. The second-order valence-corrected chi connectivity index (χ2v) is 7.29. The first kappa shape index (κ1) is 18.5. The number of hydrogen-bond acceptors (Lipinski definition) is 6. The molecule has 0 radical (unpaired) electrons. The summed E-state index contributed by atoms with van der Waals surface area (Å²) in [6.07, 6.45) is 2.28. The highest BCUT2D eigenvalue weighted by molar-refractivity contribution is 7.99. The summed E-state index contributed by atoms with van der Waals surface area (Å²) in [6, 6.07) is 14.0. The molecule has 1 amide bonds. The van der Waals surface area contributed by atoms with Crippen LogP contribution in [0.5, 0.6) is 0 Å². The number of aromatic nitrogens is 2. The number of amides is 1. The van der Waals surface area contributed by atoms with Crippen LogP contribution in [0, 0.1) is 5.82 Å². The number of hydrogen-bond donors (Lipinski definition) is 1. The van der Waals surface area contributed by atoms with Gasteiger partial charge in [-0.3, -0.25) is 10.1 Å². The Hall–Kier alpha value is -2.32. The molecule has 1 aromatic heterocycles. The van der Waals surface area contributed by atoms with E-state index in [1.807, 2.05) is 30.5 Å². The van der Waals surface area contributed by atoms with E-state index in [1.54, 1.807) is 23.9 Å². The van der Waals surface area contributed by atoms with Crippen molar-refractivity contribution in [3.05, 3.63) is 54.3 Å². The fourth-order valence-electron chi connectivity index (χ4n) is 2.10. The molecule has 0 fully saturated rings. The Morgan fingerprint density at radius 1 is 1.08 bits per heavy atom. The van der Waals surface area contributed by atoms with Crippen molar-refractivity contribution >= 4 is 35.4 Å². The van der Waals surface area contributed by atoms with Crippen LogP contribution in [0.15, 0.2) is 62.7 Å². The molecule has 0 saturated heterocycles. The summed E-state index contributed by atoms with van der Waals surface area (Å²) in [5, 5.41) is 10.4. The summed E-state index contributed by atoms with van der Waals surface area (Å²) in [6.45, 7) is 0. The van der Waals surface area contributed by atoms with Gasteiger partial charge in [0.2, 0.25) is 11.8 Å². The Bertz CT molecular complexity index is 867. The number of thioether (sulfide) groups is 2. The van der Waals surface area contributed by atoms with E-state index in [1.165, 1.54) is 23.9 Å². The van der Waals surface area contributed by atoms with Gasteiger partial charge in [0.05, 0.1) is 0 Å². The van der Waals surface area contributed by atoms with Crippen molar-refractivity contribution < 1.29 is 13.6 Å². The number of carbonyl (C=O) groups excluding carboxylic acids is 1. The van der Waals surface area contributed by atoms with Crippen LogP contribution >= 0.6 is 23.5 Å². The second kappa shape index (κ2) is 8.86. The maximum Gasteiger partial charge on any atom is 0.322 e. The third-order valence-corrected chi connectivity index (χ3v) is 5.18. The third-order valence-electron chi connectivity index (χ3n) is 3.42. The van der Waals surface area contributed by atoms with Gasteiger partial charge in [0, 0.05) is 27.5 Å². The number of nitrogens with one attached hydrogen (secondary N) is 1. The number of nitrogens with zero attached hydrogens (tertiary/aromatic N) is 2. The van der Waals surface area contributed by atoms with E-state index in [-0.39, 0.29) is 24.2 Å². The summed E-state index contributed by atoms with van der Waals surface area (Å²) >= 11 is 3.13. The van der Waals surface area contributed by atoms with Crippen molar-refractivity contribution in [3.8, 4) is 11.5 Å². The highest BCUT2D eigenvalue weighted by Crippen LogP contribution is 2.23. The van der Waals surface area contributed by atoms with Crippen molar-refractivity contribution in [2.45, 2.75) is 16.2 Å². The Kier molecular flexibility index (Phi) is 6.30. The lowest BCUT2D eigenvalue weighted by atomic mass is 10.2. The number of benzene rings is 2. The fraction of sp³-hybridized carbons (Fsp3) is 0.167. The van der Waals surface area contributed by atoms with Crippen LogP contribution < -0.4 is 5.32 Å². The Labute approximate surface area is 158 Å². The summed E-state index contributed by atoms with van der Waals surface area (Å²) in [5.74, 6) is 0.429. The fourth-order valence-corrected chi connectivity index (χ4v) is 3.36. The Morgan fingerprint density at radius 2 is 1.77 bits per heavy atom. The molecule has 1 heterocycles. The predicted octanol–water partition coefficient (Wildman–Crippen LogP) is 4.72. The standard InChI is InChI=1S/C18H16FN3O2S2/c1-25-14-6-2-12(3-7-14)17-21-22-18(24-17)20-16(23)10-11-26-15-8-4-13(19)5-9-15/h2-9H,10-11H2,1H3,(H,20,22,23). The van der Waals surface area contributed by atoms with Crippen molar-refractivity contribution in [1.29, 1.82) is 0 Å². The first-order valence-electron chi connectivity index (χ1n) is 7.80. The van der Waals surface area contributed by atoms with Gasteiger partial charge < -0.3 is 4.42 Å². The van der Waals surface area contributed by atoms with Crippen LogP contribution in [0.1, 0.15) is 6.42 Å². The van der Waals surface area contributed by atoms with Gasteiger partial charge >= 0.3 is 6.01 Å². The quantitative estimate of drug-likeness (QED) is 0.590. The van der Waals surface area contributed by atoms with E-state index < -0.39 is 0 Å². The molecule has 2 aromatic carbocycles. The molecule has 0 saturated carbocycles. The van der Waals surface area contributed by atoms with Crippen molar-refractivity contribution in [1.82, 2.24) is 10.2 Å². The van der Waals surface area contributed by atoms with Gasteiger partial charge in [-0.05, 0) is 54.8 Å². The molecule has 5 nitrogen and oxygen atoms in total. The molecule has 3 rings (SSSR count). The zero-order chi connectivity index (χ0) is 18.4. The molecule has 0 aliphatic heterocycles. The van der Waals surface area contributed by atoms with E-state index in [9.17, 15) is 9.18 Å². The number of halogens is 1. The molecule has 8 heteroatoms. The van der Waals surface area contributed by atoms with Crippen LogP contribution in [-0.4, -0.2) is 28.1 Å². The average Bonchev–Trinajstić information content (AvgIpc) is 3.12. The summed E-state index contributed by atoms with van der Waals surface area (Å²) < 4.78 is 18.3. The molecule has 0 spiro atoms. The summed E-state index contributed by atoms with van der Waals surface area (Å²) in [5.41, 5.74) is 0.794. The SMILES string of the molecule is CSc1ccc(-c2nnc(NC(=O)CCSc3ccc(F)cc3)o2)cc1. The monoisotopic (exact) mass is 389 g/mol. The largest absolute Gasteiger partial charge is 0.403 e. The minimum absolute atomic E-state index is 0.0747. The van der Waals surface area contributed by atoms with E-state index in [2.05, 4.69) is 15.5 Å². The molecule has 0 aliphatic rings. The van der Waals surface area contributed by atoms with E-state index in [0.29, 0.717) is 11.6 Å². The number of carbonyl (C=O) groups is 1. The van der Waals surface area contributed by atoms with Crippen molar-refractivity contribution in [2.75, 3.05) is 17.3 Å². The van der Waals surface area contributed by atoms with Crippen LogP contribution in [-0.2, 0) is 4.79 Å². The van der Waals surface area contributed by atoms with Gasteiger partial charge in [-0.1, -0.05) is 5.10 Å². The summed E-state index contributed by atoms with van der Waals surface area (Å²) in [7, 11) is 0. The molecule has 1 N–H and O–H groups in total. The van der Waals surface area contributed by atoms with E-state index >= 15 is 0 Å². The summed E-state index contributed by atoms with van der Waals surface area (Å²) in [4.78, 5) is 14.0. The van der Waals surface area contributed by atoms with E-state index in [0.717, 1.165) is 15.4 Å². The highest BCUT2D eigenvalue weighted by Gasteiger charge is 2.11. The van der Waals surface area contributed by atoms with Crippen LogP contribution in [0.2, 0.25) is 0 Å². The normalized spacial score (nSPS) is 10.7. The minimum atomic E-state index is -0.276. The predicted molar refractivity (Wildman–Crippen MR) is 102 cm³/mol. The van der Waals surface area contributed by atoms with Gasteiger partial charge in [0.25, 0.3) is 0 Å². The lowest BCUT2D eigenvalue weighted by molar-refractivity contribution is -0.115. The molecule has 0 bridgehead atoms. The first-order valence-corrected chi connectivity index (χ1v) is 10.0. The van der Waals surface area contributed by atoms with Crippen molar-refractivity contribution in [3.63, 3.8) is 0 Å². The Balaban J connectivity index is 1.50. The second-order valence-electron chi connectivity index (χ2n) is 5.24. The van der Waals surface area contributed by atoms with Crippen LogP contribution in [0.25, 0.3) is 11.5 Å². The zero-order valence-electron chi connectivity index (χ0n) is 13.9. The van der Waals surface area contributed by atoms with Crippen molar-refractivity contribution in [2.24, 2.45) is 0 Å². The minimum Gasteiger partial charge on any atom is -0.403 e. The third kappa shape index (κ3) is 5.09. The first-order chi connectivity index (χ1) is 12.6. The molecule has 3 aromatic rings. The van der Waals surface area contributed by atoms with Gasteiger partial charge in [-0.2, -0.15) is 0 Å². The number of rotatable bonds is 7. The molecular weight excluding hydrogens is 373 g/mol. The molecule has 0 unspecified atom stereocenters.